The molecule has 7 nitrogen and oxygen atoms in total. The zero-order valence-corrected chi connectivity index (χ0v) is 30.6. The van der Waals surface area contributed by atoms with Gasteiger partial charge in [-0.05, 0) is 65.8 Å². The minimum absolute atomic E-state index is 0.00770. The summed E-state index contributed by atoms with van der Waals surface area (Å²) in [6.07, 6.45) is -2.63. The van der Waals surface area contributed by atoms with Gasteiger partial charge in [0.25, 0.3) is 8.32 Å². The van der Waals surface area contributed by atoms with Crippen LogP contribution >= 0.6 is 0 Å². The quantitative estimate of drug-likeness (QED) is 0.113. The van der Waals surface area contributed by atoms with Crippen LogP contribution in [0.25, 0.3) is 32.9 Å². The molecule has 6 rings (SSSR count). The van der Waals surface area contributed by atoms with E-state index in [9.17, 15) is 17.6 Å². The Bertz CT molecular complexity index is 1870. The SMILES string of the molecule is Cc1ccc2c(-c3ncc4c(OCC(F)(F)F)nc(OC[C@@]56CCCN5C[C@H](F)C6)nc4c3F)cc(O[Si](C(C)C)(C(C)C)C(C)C)cc2c1. The maximum absolute atomic E-state index is 16.9. The minimum atomic E-state index is -4.68. The van der Waals surface area contributed by atoms with E-state index in [1.165, 1.54) is 6.20 Å². The third kappa shape index (κ3) is 6.74. The topological polar surface area (TPSA) is 69.6 Å². The molecule has 2 saturated heterocycles. The number of hydrogen-bond donors (Lipinski definition) is 0. The highest BCUT2D eigenvalue weighted by Gasteiger charge is 2.50. The van der Waals surface area contributed by atoms with Gasteiger partial charge in [-0.25, -0.2) is 8.78 Å². The third-order valence-electron chi connectivity index (χ3n) is 10.6. The summed E-state index contributed by atoms with van der Waals surface area (Å²) in [5.41, 5.74) is 1.40. The van der Waals surface area contributed by atoms with Crippen LogP contribution in [0.4, 0.5) is 22.0 Å². The monoisotopic (exact) mass is 716 g/mol. The molecule has 2 atom stereocenters. The zero-order valence-electron chi connectivity index (χ0n) is 29.6. The fraction of sp³-hybridized carbons (Fsp3) is 0.541. The number of nitrogens with zero attached hydrogens (tertiary/aromatic N) is 4. The van der Waals surface area contributed by atoms with Gasteiger partial charge in [-0.3, -0.25) is 9.88 Å². The Morgan fingerprint density at radius 2 is 1.70 bits per heavy atom. The molecule has 0 unspecified atom stereocenters. The van der Waals surface area contributed by atoms with Gasteiger partial charge in [0.15, 0.2) is 12.4 Å². The lowest BCUT2D eigenvalue weighted by atomic mass is 9.95. The third-order valence-corrected chi connectivity index (χ3v) is 16.6. The largest absolute Gasteiger partial charge is 0.543 e. The predicted octanol–water partition coefficient (Wildman–Crippen LogP) is 9.74. The van der Waals surface area contributed by atoms with Crippen molar-refractivity contribution in [3.63, 3.8) is 0 Å². The number of fused-ring (bicyclic) bond motifs is 3. The van der Waals surface area contributed by atoms with Gasteiger partial charge in [0.2, 0.25) is 5.88 Å². The number of halogens is 5. The normalized spacial score (nSPS) is 20.1. The summed E-state index contributed by atoms with van der Waals surface area (Å²) in [5, 5.41) is 1.43. The Morgan fingerprint density at radius 1 is 0.980 bits per heavy atom. The summed E-state index contributed by atoms with van der Waals surface area (Å²) in [6, 6.07) is 9.24. The lowest BCUT2D eigenvalue weighted by Gasteiger charge is -2.42. The van der Waals surface area contributed by atoms with E-state index in [-0.39, 0.29) is 58.8 Å². The van der Waals surface area contributed by atoms with Crippen molar-refractivity contribution >= 4 is 30.0 Å². The molecule has 2 aliphatic heterocycles. The van der Waals surface area contributed by atoms with Crippen LogP contribution in [-0.2, 0) is 0 Å². The molecule has 0 aliphatic carbocycles. The highest BCUT2D eigenvalue weighted by molar-refractivity contribution is 6.78. The Hall–Kier alpha value is -3.58. The molecular formula is C37H45F5N4O3Si. The second kappa shape index (κ2) is 13.5. The smallest absolute Gasteiger partial charge is 0.422 e. The summed E-state index contributed by atoms with van der Waals surface area (Å²) >= 11 is 0. The lowest BCUT2D eigenvalue weighted by Crippen LogP contribution is -2.50. The second-order valence-electron chi connectivity index (χ2n) is 14.9. The van der Waals surface area contributed by atoms with Gasteiger partial charge in [0.05, 0.1) is 10.9 Å². The van der Waals surface area contributed by atoms with E-state index >= 15 is 4.39 Å². The Balaban J connectivity index is 1.48. The van der Waals surface area contributed by atoms with Crippen LogP contribution in [0.2, 0.25) is 16.6 Å². The first-order valence-corrected chi connectivity index (χ1v) is 19.5. The first kappa shape index (κ1) is 36.2. The lowest BCUT2D eigenvalue weighted by molar-refractivity contribution is -0.153. The number of aromatic nitrogens is 3. The maximum Gasteiger partial charge on any atom is 0.422 e. The standard InChI is InChI=1S/C37H45F5N4O3Si/c1-21(2)50(22(3)4,23(5)6)49-27-14-25-13-24(7)9-10-28(25)29(15-27)32-31(39)33-30(17-43-32)34(47-20-37(40,41)42)45-35(44-33)48-19-36-11-8-12-46(36)18-26(38)16-36/h9-10,13-15,17,21-23,26H,8,11-12,16,18-20H2,1-7H3/t26-,36+/m1/s1. The first-order chi connectivity index (χ1) is 23.5. The summed E-state index contributed by atoms with van der Waals surface area (Å²) in [6.45, 7) is 14.5. The number of hydrogen-bond acceptors (Lipinski definition) is 7. The summed E-state index contributed by atoms with van der Waals surface area (Å²) in [5.74, 6) is -0.766. The van der Waals surface area contributed by atoms with E-state index in [4.69, 9.17) is 13.9 Å². The molecule has 0 spiro atoms. The van der Waals surface area contributed by atoms with Gasteiger partial charge in [0.1, 0.15) is 29.7 Å². The molecule has 2 fully saturated rings. The van der Waals surface area contributed by atoms with Crippen molar-refractivity contribution in [1.82, 2.24) is 19.9 Å². The van der Waals surface area contributed by atoms with Gasteiger partial charge in [-0.1, -0.05) is 65.3 Å². The molecule has 2 aromatic carbocycles. The molecular weight excluding hydrogens is 672 g/mol. The predicted molar refractivity (Wildman–Crippen MR) is 187 cm³/mol. The molecule has 13 heteroatoms. The average molecular weight is 717 g/mol. The van der Waals surface area contributed by atoms with Gasteiger partial charge in [-0.15, -0.1) is 0 Å². The molecule has 2 aromatic heterocycles. The summed E-state index contributed by atoms with van der Waals surface area (Å²) in [7, 11) is -2.41. The summed E-state index contributed by atoms with van der Waals surface area (Å²) in [4.78, 5) is 14.9. The highest BCUT2D eigenvalue weighted by Crippen LogP contribution is 2.45. The average Bonchev–Trinajstić information content (AvgIpc) is 3.56. The number of aryl methyl sites for hydroxylation is 1. The second-order valence-corrected chi connectivity index (χ2v) is 20.3. The Labute approximate surface area is 290 Å². The zero-order chi connectivity index (χ0) is 36.2. The minimum Gasteiger partial charge on any atom is -0.543 e. The van der Waals surface area contributed by atoms with Crippen molar-refractivity contribution in [2.24, 2.45) is 0 Å². The molecule has 0 amide bonds. The number of rotatable bonds is 11. The van der Waals surface area contributed by atoms with Crippen molar-refractivity contribution in [1.29, 1.82) is 0 Å². The highest BCUT2D eigenvalue weighted by atomic mass is 28.4. The van der Waals surface area contributed by atoms with Crippen LogP contribution in [0.15, 0.2) is 36.5 Å². The van der Waals surface area contributed by atoms with Crippen molar-refractivity contribution in [2.75, 3.05) is 26.3 Å². The van der Waals surface area contributed by atoms with Gasteiger partial charge >= 0.3 is 12.2 Å². The molecule has 4 aromatic rings. The van der Waals surface area contributed by atoms with E-state index in [0.29, 0.717) is 17.7 Å². The van der Waals surface area contributed by atoms with Crippen LogP contribution in [0.3, 0.4) is 0 Å². The molecule has 0 bridgehead atoms. The van der Waals surface area contributed by atoms with Crippen molar-refractivity contribution < 1.29 is 35.9 Å². The van der Waals surface area contributed by atoms with Gasteiger partial charge in [0, 0.05) is 24.7 Å². The molecule has 270 valence electrons. The van der Waals surface area contributed by atoms with Crippen LogP contribution in [-0.4, -0.2) is 72.4 Å². The fourth-order valence-electron chi connectivity index (χ4n) is 8.45. The van der Waals surface area contributed by atoms with Crippen molar-refractivity contribution in [3.8, 4) is 28.9 Å². The Kier molecular flexibility index (Phi) is 9.79. The van der Waals surface area contributed by atoms with Crippen LogP contribution in [0, 0.1) is 12.7 Å². The van der Waals surface area contributed by atoms with E-state index in [0.717, 1.165) is 29.3 Å². The van der Waals surface area contributed by atoms with Crippen LogP contribution in [0.5, 0.6) is 17.6 Å². The van der Waals surface area contributed by atoms with E-state index < -0.39 is 44.5 Å². The molecule has 0 saturated carbocycles. The molecule has 0 radical (unpaired) electrons. The van der Waals surface area contributed by atoms with Crippen molar-refractivity contribution in [3.05, 3.63) is 47.9 Å². The van der Waals surface area contributed by atoms with Crippen LogP contribution < -0.4 is 13.9 Å². The molecule has 2 aliphatic rings. The molecule has 0 N–H and O–H groups in total. The number of pyridine rings is 1. The number of benzene rings is 2. The van der Waals surface area contributed by atoms with E-state index in [1.807, 2.05) is 36.1 Å². The van der Waals surface area contributed by atoms with E-state index in [1.54, 1.807) is 6.07 Å². The summed E-state index contributed by atoms with van der Waals surface area (Å²) < 4.78 is 89.2. The first-order valence-electron chi connectivity index (χ1n) is 17.3. The van der Waals surface area contributed by atoms with Crippen molar-refractivity contribution in [2.45, 2.75) is 102 Å². The fourth-order valence-corrected chi connectivity index (χ4v) is 13.7. The van der Waals surface area contributed by atoms with E-state index in [2.05, 4.69) is 56.5 Å². The van der Waals surface area contributed by atoms with Crippen LogP contribution in [0.1, 0.15) is 66.4 Å². The number of ether oxygens (including phenoxy) is 2. The van der Waals surface area contributed by atoms with Gasteiger partial charge < -0.3 is 13.9 Å². The molecule has 4 heterocycles. The molecule has 50 heavy (non-hydrogen) atoms. The Morgan fingerprint density at radius 3 is 2.38 bits per heavy atom. The maximum atomic E-state index is 16.9. The number of alkyl halides is 4. The van der Waals surface area contributed by atoms with Gasteiger partial charge in [-0.2, -0.15) is 23.1 Å².